The van der Waals surface area contributed by atoms with Crippen LogP contribution >= 0.6 is 0 Å². The molecule has 670 valence electrons. The molecule has 0 bridgehead atoms. The number of fused-ring (bicyclic) bond motifs is 1. The minimum Gasteiger partial charge on any atom is -0.508 e. The van der Waals surface area contributed by atoms with Crippen molar-refractivity contribution in [3.8, 4) is 74.4 Å². The number of phenols is 4. The van der Waals surface area contributed by atoms with Gasteiger partial charge in [-0.2, -0.15) is 0 Å². The van der Waals surface area contributed by atoms with Crippen molar-refractivity contribution in [1.29, 1.82) is 0 Å². The number of ether oxygens (including phenoxy) is 15. The lowest BCUT2D eigenvalue weighted by Gasteiger charge is -2.46. The summed E-state index contributed by atoms with van der Waals surface area (Å²) in [5.41, 5.74) is -0.888. The molecule has 4 aromatic carbocycles. The predicted octanol–water partition coefficient (Wildman–Crippen LogP) is -6.91. The van der Waals surface area contributed by atoms with Crippen LogP contribution in [0.25, 0.3) is 40.9 Å². The third-order valence-electron chi connectivity index (χ3n) is 20.8. The summed E-state index contributed by atoms with van der Waals surface area (Å²) in [7, 11) is 1.19. The van der Waals surface area contributed by atoms with Gasteiger partial charge in [-0.3, -0.25) is 4.79 Å². The molecule has 7 heterocycles. The summed E-state index contributed by atoms with van der Waals surface area (Å²) in [5, 5.41) is 257. The molecule has 7 aliphatic heterocycles. The maximum atomic E-state index is 13.7. The van der Waals surface area contributed by atoms with Crippen LogP contribution in [0.2, 0.25) is 0 Å². The molecular formula is C79H90O44. The smallest absolute Gasteiger partial charge is 0.330 e. The fraction of sp³-hybridized carbons (Fsp3) is 0.468. The van der Waals surface area contributed by atoms with Gasteiger partial charge >= 0.3 is 17.9 Å². The largest absolute Gasteiger partial charge is 0.508 e. The normalized spacial score (nSPS) is 34.3. The van der Waals surface area contributed by atoms with Crippen LogP contribution in [0.5, 0.6) is 51.7 Å². The van der Waals surface area contributed by atoms with Crippen molar-refractivity contribution in [2.75, 3.05) is 46.8 Å². The van der Waals surface area contributed by atoms with Gasteiger partial charge in [-0.1, -0.05) is 24.3 Å². The Morgan fingerprint density at radius 2 is 0.740 bits per heavy atom. The van der Waals surface area contributed by atoms with Crippen molar-refractivity contribution in [1.82, 2.24) is 0 Å². The lowest BCUT2D eigenvalue weighted by Crippen LogP contribution is -2.65. The van der Waals surface area contributed by atoms with Crippen LogP contribution < -0.4 is 29.1 Å². The third-order valence-corrected chi connectivity index (χ3v) is 20.8. The predicted molar refractivity (Wildman–Crippen MR) is 401 cm³/mol. The Kier molecular flexibility index (Phi) is 29.9. The second kappa shape index (κ2) is 39.9. The van der Waals surface area contributed by atoms with Crippen LogP contribution in [-0.2, 0) is 61.8 Å². The van der Waals surface area contributed by atoms with Gasteiger partial charge in [0.1, 0.15) is 184 Å². The van der Waals surface area contributed by atoms with Crippen LogP contribution in [0.1, 0.15) is 28.4 Å². The highest BCUT2D eigenvalue weighted by molar-refractivity contribution is 5.88. The van der Waals surface area contributed by atoms with Gasteiger partial charge in [0.15, 0.2) is 63.8 Å². The zero-order valence-corrected chi connectivity index (χ0v) is 64.1. The third kappa shape index (κ3) is 20.7. The van der Waals surface area contributed by atoms with E-state index in [0.29, 0.717) is 0 Å². The van der Waals surface area contributed by atoms with Crippen molar-refractivity contribution < 1.29 is 212 Å². The number of hydrogen-bond donors (Lipinski definition) is 24. The van der Waals surface area contributed by atoms with Gasteiger partial charge in [-0.15, -0.1) is 0 Å². The average Bonchev–Trinajstić information content (AvgIpc) is 0.759. The maximum Gasteiger partial charge on any atom is 0.330 e. The van der Waals surface area contributed by atoms with E-state index in [4.69, 9.17) is 75.5 Å². The number of hydrogen-bond acceptors (Lipinski definition) is 44. The molecule has 44 nitrogen and oxygen atoms in total. The number of aliphatic hydroxyl groups is 20. The van der Waals surface area contributed by atoms with Crippen LogP contribution in [0.15, 0.2) is 118 Å². The number of phenolic OH excluding ortho intramolecular Hbond substituents is 4. The summed E-state index contributed by atoms with van der Waals surface area (Å²) >= 11 is 0. The topological polar surface area (TPSA) is 705 Å². The number of carbonyl (C=O) groups is 3. The molecule has 0 saturated carbocycles. The van der Waals surface area contributed by atoms with Gasteiger partial charge in [-0.25, -0.2) is 14.4 Å². The average molecular weight is 1740 g/mol. The molecule has 4 aromatic rings. The Hall–Kier alpha value is -9.94. The quantitative estimate of drug-likeness (QED) is 0.0123. The van der Waals surface area contributed by atoms with Crippen molar-refractivity contribution >= 4 is 36.1 Å². The number of benzene rings is 5. The second-order valence-electron chi connectivity index (χ2n) is 29.1. The van der Waals surface area contributed by atoms with Gasteiger partial charge in [-0.05, 0) is 89.5 Å². The highest BCUT2D eigenvalue weighted by Crippen LogP contribution is 2.46. The number of rotatable bonds is 28. The van der Waals surface area contributed by atoms with Gasteiger partial charge in [0.2, 0.25) is 25.2 Å². The van der Waals surface area contributed by atoms with E-state index >= 15 is 0 Å². The summed E-state index contributed by atoms with van der Waals surface area (Å²) in [6.07, 6.45) is -50.7. The summed E-state index contributed by atoms with van der Waals surface area (Å²) < 4.78 is 91.6. The molecule has 44 heteroatoms. The SMILES string of the molecule is COc1cc(-c2oc3cc(=O)cc(O[C@@H]4O[C@H](CO)[C@@H](O)[C@H](O)[C@H]4O)c-3cc2O[C@H]2O[C@@H](COC(=O)/C=C/c3ccc([C@@H]4O[C@H](COC(=O)/C=C/c5ccc(O)c(O[C@@H]6O[C@H](CO)[C@@H](O)[C@H](O)[C@H]6O)c5)[C@@H](O)[C@H](O)[C@H]4O)c(O)c3)[C@H](O)[C@@H](O)[C@@H]2O[C@@H]2O[C@H](COC(=O)/C=C/c3ccc(O)c(O[C@@H]4O[C@H](CO)[C@@H](O)[C@H](O)[C@H]4O)c3)[C@@H](O)[C@H](O)[C@H]2O)ccc1O. The Bertz CT molecular complexity index is 4740. The Labute approximate surface area is 693 Å². The number of aromatic hydroxyl groups is 4. The molecule has 123 heavy (non-hydrogen) atoms. The van der Waals surface area contributed by atoms with Crippen LogP contribution in [0.4, 0.5) is 0 Å². The second-order valence-corrected chi connectivity index (χ2v) is 29.1. The van der Waals surface area contributed by atoms with E-state index in [-0.39, 0.29) is 62.1 Å². The molecule has 0 aromatic heterocycles. The summed E-state index contributed by atoms with van der Waals surface area (Å²) in [5.74, 6) is -8.01. The Balaban J connectivity index is 0.759. The highest BCUT2D eigenvalue weighted by Gasteiger charge is 2.54. The molecule has 6 saturated heterocycles. The minimum atomic E-state index is -2.34. The van der Waals surface area contributed by atoms with E-state index in [0.717, 1.165) is 78.9 Å². The number of aliphatic hydroxyl groups excluding tert-OH is 20. The molecule has 6 fully saturated rings. The number of carbonyl (C=O) groups excluding carboxylic acids is 3. The highest BCUT2D eigenvalue weighted by atomic mass is 16.8. The summed E-state index contributed by atoms with van der Waals surface area (Å²) in [4.78, 5) is 53.4. The number of methoxy groups -OCH3 is 1. The first-order chi connectivity index (χ1) is 58.6. The van der Waals surface area contributed by atoms with E-state index in [1.54, 1.807) is 0 Å². The van der Waals surface area contributed by atoms with E-state index in [2.05, 4.69) is 0 Å². The fourth-order valence-corrected chi connectivity index (χ4v) is 13.8. The first-order valence-electron chi connectivity index (χ1n) is 37.8. The van der Waals surface area contributed by atoms with E-state index < -0.39 is 282 Å². The van der Waals surface area contributed by atoms with Gasteiger partial charge < -0.3 is 198 Å². The van der Waals surface area contributed by atoms with Crippen molar-refractivity contribution in [3.05, 3.63) is 142 Å². The van der Waals surface area contributed by atoms with Crippen LogP contribution in [0, 0.1) is 0 Å². The zero-order chi connectivity index (χ0) is 88.9. The van der Waals surface area contributed by atoms with Crippen molar-refractivity contribution in [2.45, 2.75) is 184 Å². The molecule has 0 unspecified atom stereocenters. The molecule has 24 N–H and O–H groups in total. The van der Waals surface area contributed by atoms with Crippen LogP contribution in [0.3, 0.4) is 0 Å². The minimum absolute atomic E-state index is 0.0255. The fourth-order valence-electron chi connectivity index (χ4n) is 13.8. The van der Waals surface area contributed by atoms with E-state index in [1.807, 2.05) is 0 Å². The van der Waals surface area contributed by atoms with E-state index in [9.17, 15) is 142 Å². The van der Waals surface area contributed by atoms with Gasteiger partial charge in [0, 0.05) is 41.5 Å². The van der Waals surface area contributed by atoms with Gasteiger partial charge in [0.05, 0.1) is 32.5 Å². The van der Waals surface area contributed by atoms with Crippen molar-refractivity contribution in [3.63, 3.8) is 0 Å². The summed E-state index contributed by atoms with van der Waals surface area (Å²) in [6, 6.07) is 17.4. The molecule has 30 atom stereocenters. The molecule has 1 aliphatic carbocycles. The molecular weight excluding hydrogens is 1650 g/mol. The summed E-state index contributed by atoms with van der Waals surface area (Å²) in [6.45, 7) is -5.14. The van der Waals surface area contributed by atoms with Crippen LogP contribution in [-0.4, -0.2) is 365 Å². The molecule has 0 radical (unpaired) electrons. The van der Waals surface area contributed by atoms with Gasteiger partial charge in [0.25, 0.3) is 0 Å². The first kappa shape index (κ1) is 92.2. The molecule has 0 amide bonds. The zero-order valence-electron chi connectivity index (χ0n) is 64.1. The monoisotopic (exact) mass is 1740 g/mol. The number of esters is 3. The van der Waals surface area contributed by atoms with E-state index in [1.165, 1.54) is 55.7 Å². The molecule has 8 aliphatic rings. The lowest BCUT2D eigenvalue weighted by atomic mass is 9.90. The Morgan fingerprint density at radius 1 is 0.358 bits per heavy atom. The molecule has 12 rings (SSSR count). The van der Waals surface area contributed by atoms with Crippen molar-refractivity contribution in [2.24, 2.45) is 0 Å². The lowest BCUT2D eigenvalue weighted by molar-refractivity contribution is -0.358. The molecule has 0 spiro atoms. The standard InChI is InChI=1S/C79H90O44/c1-108-42-19-32(8-12-36(42)84)72-45(22-35-40(112-72)20-33(83)21-41(35)114-75-68(104)62(98)55(91)46(23-80)118-75)117-79-74(123-78-71(107)65(101)59(95)50(121-78)27-110-54(90)15-7-31-4-11-38(86)44(18-31)116-77-70(106)64(100)57(93)48(25-82)120-77)66(102)60(96)51(122-79)28-111-52(88)13-5-29-2-9-34(39(87)16-29)73-67(103)61(97)58(94)49(113-73)26-109-53(89)14-6-30-3-10-37(85)43(17-30)115-76-69(105)63(99)56(92)47(24-81)119-76/h2-22,46-51,55-71,73-82,84-87,91-107H,23-28H2,1H3/b13-5+,14-6+,15-7+/t46-,47-,48-,49-,50-,51+,55-,56-,57-,58-,59-,60+,61+,62+,63+,64+,65+,66-,67-,68-,69-,70-,71-,73+,74+,75-,76-,77-,78+,79+/m1/s1. The first-order valence-corrected chi connectivity index (χ1v) is 37.8. The Morgan fingerprint density at radius 3 is 1.20 bits per heavy atom. The maximum absolute atomic E-state index is 13.7.